The van der Waals surface area contributed by atoms with Crippen molar-refractivity contribution in [2.75, 3.05) is 0 Å². The van der Waals surface area contributed by atoms with Crippen LogP contribution in [0.15, 0.2) is 72.1 Å². The van der Waals surface area contributed by atoms with Gasteiger partial charge in [0, 0.05) is 12.4 Å². The second-order valence-corrected chi connectivity index (χ2v) is 5.05. The van der Waals surface area contributed by atoms with Gasteiger partial charge in [-0.2, -0.15) is 5.10 Å². The number of phenolic OH excluding ortho intramolecular Hbond substituents is 2. The normalized spacial score (nSPS) is 10.8. The third-order valence-electron chi connectivity index (χ3n) is 3.41. The SMILES string of the molecule is O=C(N/N=C/c1ccc(O)c(O)c1)c1ccccc1-n1cccc1. The number of hydrazone groups is 1. The molecule has 1 amide bonds. The smallest absolute Gasteiger partial charge is 0.273 e. The summed E-state index contributed by atoms with van der Waals surface area (Å²) in [5.41, 5.74) is 4.24. The van der Waals surface area contributed by atoms with E-state index in [9.17, 15) is 15.0 Å². The minimum absolute atomic E-state index is 0.211. The molecule has 0 aliphatic carbocycles. The van der Waals surface area contributed by atoms with Crippen molar-refractivity contribution in [1.29, 1.82) is 0 Å². The standard InChI is InChI=1S/C18H15N3O3/c22-16-8-7-13(11-17(16)23)12-19-20-18(24)14-5-1-2-6-15(14)21-9-3-4-10-21/h1-12,22-23H,(H,20,24)/b19-12+. The molecule has 0 fully saturated rings. The lowest BCUT2D eigenvalue weighted by molar-refractivity contribution is 0.0955. The van der Waals surface area contributed by atoms with Gasteiger partial charge in [-0.25, -0.2) is 5.43 Å². The zero-order valence-corrected chi connectivity index (χ0v) is 12.6. The second kappa shape index (κ2) is 6.70. The fourth-order valence-corrected chi connectivity index (χ4v) is 2.23. The van der Waals surface area contributed by atoms with Gasteiger partial charge in [0.05, 0.1) is 17.5 Å². The third-order valence-corrected chi connectivity index (χ3v) is 3.41. The summed E-state index contributed by atoms with van der Waals surface area (Å²) in [5.74, 6) is -0.807. The molecule has 3 N–H and O–H groups in total. The minimum atomic E-state index is -0.349. The summed E-state index contributed by atoms with van der Waals surface area (Å²) >= 11 is 0. The van der Waals surface area contributed by atoms with Crippen LogP contribution in [0.4, 0.5) is 0 Å². The van der Waals surface area contributed by atoms with Crippen molar-refractivity contribution in [3.63, 3.8) is 0 Å². The summed E-state index contributed by atoms with van der Waals surface area (Å²) in [6.45, 7) is 0. The van der Waals surface area contributed by atoms with E-state index in [1.807, 2.05) is 41.2 Å². The van der Waals surface area contributed by atoms with Crippen molar-refractivity contribution in [3.05, 3.63) is 78.1 Å². The molecule has 0 atom stereocenters. The van der Waals surface area contributed by atoms with E-state index in [4.69, 9.17) is 0 Å². The van der Waals surface area contributed by atoms with Crippen LogP contribution in [0.1, 0.15) is 15.9 Å². The summed E-state index contributed by atoms with van der Waals surface area (Å²) in [7, 11) is 0. The summed E-state index contributed by atoms with van der Waals surface area (Å²) < 4.78 is 1.84. The van der Waals surface area contributed by atoms with E-state index in [0.717, 1.165) is 5.69 Å². The number of amides is 1. The average Bonchev–Trinajstić information content (AvgIpc) is 3.12. The first-order valence-corrected chi connectivity index (χ1v) is 7.23. The number of carbonyl (C=O) groups is 1. The molecule has 6 heteroatoms. The Balaban J connectivity index is 1.76. The van der Waals surface area contributed by atoms with Crippen LogP contribution in [0.3, 0.4) is 0 Å². The van der Waals surface area contributed by atoms with E-state index in [0.29, 0.717) is 11.1 Å². The summed E-state index contributed by atoms with van der Waals surface area (Å²) in [6, 6.07) is 15.2. The molecule has 6 nitrogen and oxygen atoms in total. The van der Waals surface area contributed by atoms with Crippen LogP contribution < -0.4 is 5.43 Å². The Bertz CT molecular complexity index is 886. The lowest BCUT2D eigenvalue weighted by Crippen LogP contribution is -2.19. The van der Waals surface area contributed by atoms with Crippen molar-refractivity contribution >= 4 is 12.1 Å². The van der Waals surface area contributed by atoms with Crippen molar-refractivity contribution in [1.82, 2.24) is 9.99 Å². The molecule has 0 bridgehead atoms. The molecule has 120 valence electrons. The topological polar surface area (TPSA) is 86.8 Å². The Hall–Kier alpha value is -3.54. The predicted octanol–water partition coefficient (Wildman–Crippen LogP) is 2.65. The van der Waals surface area contributed by atoms with Crippen LogP contribution in [0.5, 0.6) is 11.5 Å². The number of nitrogens with one attached hydrogen (secondary N) is 1. The molecule has 3 aromatic rings. The maximum Gasteiger partial charge on any atom is 0.273 e. The number of hydrogen-bond donors (Lipinski definition) is 3. The summed E-state index contributed by atoms with van der Waals surface area (Å²) in [5, 5.41) is 22.6. The Morgan fingerprint density at radius 2 is 1.75 bits per heavy atom. The highest BCUT2D eigenvalue weighted by atomic mass is 16.3. The Kier molecular flexibility index (Phi) is 4.29. The minimum Gasteiger partial charge on any atom is -0.504 e. The molecular weight excluding hydrogens is 306 g/mol. The van der Waals surface area contributed by atoms with Crippen LogP contribution in [0.25, 0.3) is 5.69 Å². The van der Waals surface area contributed by atoms with Crippen LogP contribution in [0, 0.1) is 0 Å². The molecule has 0 saturated carbocycles. The molecule has 1 heterocycles. The van der Waals surface area contributed by atoms with Gasteiger partial charge in [0.25, 0.3) is 5.91 Å². The first-order chi connectivity index (χ1) is 11.6. The highest BCUT2D eigenvalue weighted by molar-refractivity contribution is 5.98. The van der Waals surface area contributed by atoms with E-state index >= 15 is 0 Å². The number of aromatic nitrogens is 1. The molecule has 0 aliphatic rings. The Morgan fingerprint density at radius 3 is 2.50 bits per heavy atom. The van der Waals surface area contributed by atoms with Crippen LogP contribution in [0.2, 0.25) is 0 Å². The maximum absolute atomic E-state index is 12.3. The highest BCUT2D eigenvalue weighted by Crippen LogP contribution is 2.24. The number of rotatable bonds is 4. The number of para-hydroxylation sites is 1. The van der Waals surface area contributed by atoms with Gasteiger partial charge in [0.1, 0.15) is 0 Å². The van der Waals surface area contributed by atoms with E-state index in [1.54, 1.807) is 18.2 Å². The van der Waals surface area contributed by atoms with Crippen LogP contribution in [-0.2, 0) is 0 Å². The fourth-order valence-electron chi connectivity index (χ4n) is 2.23. The van der Waals surface area contributed by atoms with Gasteiger partial charge in [-0.15, -0.1) is 0 Å². The molecule has 0 spiro atoms. The quantitative estimate of drug-likeness (QED) is 0.392. The second-order valence-electron chi connectivity index (χ2n) is 5.05. The zero-order valence-electron chi connectivity index (χ0n) is 12.6. The van der Waals surface area contributed by atoms with Crippen molar-refractivity contribution in [3.8, 4) is 17.2 Å². The molecule has 0 unspecified atom stereocenters. The molecular formula is C18H15N3O3. The van der Waals surface area contributed by atoms with Gasteiger partial charge in [0.15, 0.2) is 11.5 Å². The van der Waals surface area contributed by atoms with Gasteiger partial charge < -0.3 is 14.8 Å². The average molecular weight is 321 g/mol. The van der Waals surface area contributed by atoms with Crippen molar-refractivity contribution in [2.24, 2.45) is 5.10 Å². The third kappa shape index (κ3) is 3.27. The molecule has 0 radical (unpaired) electrons. The van der Waals surface area contributed by atoms with Gasteiger partial charge in [-0.05, 0) is 48.0 Å². The molecule has 2 aromatic carbocycles. The van der Waals surface area contributed by atoms with E-state index in [1.165, 1.54) is 18.3 Å². The fraction of sp³-hybridized carbons (Fsp3) is 0. The number of phenols is 2. The number of benzene rings is 2. The summed E-state index contributed by atoms with van der Waals surface area (Å²) in [6.07, 6.45) is 5.10. The van der Waals surface area contributed by atoms with Crippen molar-refractivity contribution in [2.45, 2.75) is 0 Å². The monoisotopic (exact) mass is 321 g/mol. The zero-order chi connectivity index (χ0) is 16.9. The number of aromatic hydroxyl groups is 2. The molecule has 0 aliphatic heterocycles. The Morgan fingerprint density at radius 1 is 1.00 bits per heavy atom. The van der Waals surface area contributed by atoms with Gasteiger partial charge >= 0.3 is 0 Å². The van der Waals surface area contributed by atoms with Gasteiger partial charge in [-0.1, -0.05) is 12.1 Å². The predicted molar refractivity (Wildman–Crippen MR) is 90.6 cm³/mol. The highest BCUT2D eigenvalue weighted by Gasteiger charge is 2.10. The first-order valence-electron chi connectivity index (χ1n) is 7.23. The molecule has 3 rings (SSSR count). The number of hydrogen-bond acceptors (Lipinski definition) is 4. The van der Waals surface area contributed by atoms with Crippen molar-refractivity contribution < 1.29 is 15.0 Å². The molecule has 1 aromatic heterocycles. The molecule has 24 heavy (non-hydrogen) atoms. The van der Waals surface area contributed by atoms with E-state index in [2.05, 4.69) is 10.5 Å². The molecule has 0 saturated heterocycles. The van der Waals surface area contributed by atoms with E-state index < -0.39 is 0 Å². The van der Waals surface area contributed by atoms with E-state index in [-0.39, 0.29) is 17.4 Å². The lowest BCUT2D eigenvalue weighted by atomic mass is 10.1. The van der Waals surface area contributed by atoms with Gasteiger partial charge in [-0.3, -0.25) is 4.79 Å². The Labute approximate surface area is 138 Å². The largest absolute Gasteiger partial charge is 0.504 e. The number of nitrogens with zero attached hydrogens (tertiary/aromatic N) is 2. The summed E-state index contributed by atoms with van der Waals surface area (Å²) in [4.78, 5) is 12.3. The van der Waals surface area contributed by atoms with Crippen LogP contribution >= 0.6 is 0 Å². The first kappa shape index (κ1) is 15.4. The van der Waals surface area contributed by atoms with Crippen LogP contribution in [-0.4, -0.2) is 26.9 Å². The maximum atomic E-state index is 12.3. The van der Waals surface area contributed by atoms with Gasteiger partial charge in [0.2, 0.25) is 0 Å². The number of carbonyl (C=O) groups excluding carboxylic acids is 1. The lowest BCUT2D eigenvalue weighted by Gasteiger charge is -2.09.